The van der Waals surface area contributed by atoms with Gasteiger partial charge in [0.05, 0.1) is 13.2 Å². The molecule has 2 N–H and O–H groups in total. The fourth-order valence-corrected chi connectivity index (χ4v) is 2.91. The van der Waals surface area contributed by atoms with Gasteiger partial charge < -0.3 is 15.3 Å². The number of aliphatic hydroxyl groups excluding tert-OH is 1. The third kappa shape index (κ3) is 9.91. The molecule has 0 aliphatic carbocycles. The molecule has 0 amide bonds. The van der Waals surface area contributed by atoms with Gasteiger partial charge in [-0.05, 0) is 6.42 Å². The average Bonchev–Trinajstić information content (AvgIpc) is 2.59. The van der Waals surface area contributed by atoms with Gasteiger partial charge in [0.1, 0.15) is 5.84 Å². The van der Waals surface area contributed by atoms with E-state index in [1.807, 2.05) is 7.05 Å². The largest absolute Gasteiger partial charge is 0.394 e. The molecule has 5 nitrogen and oxygen atoms in total. The van der Waals surface area contributed by atoms with E-state index in [1.165, 1.54) is 64.2 Å². The molecule has 1 rings (SSSR count). The molecule has 0 aromatic carbocycles. The van der Waals surface area contributed by atoms with Crippen molar-refractivity contribution in [3.63, 3.8) is 0 Å². The van der Waals surface area contributed by atoms with Crippen LogP contribution in [0.2, 0.25) is 0 Å². The van der Waals surface area contributed by atoms with E-state index in [1.54, 1.807) is 0 Å². The molecular formula is C19H38N4O. The average molecular weight is 339 g/mol. The summed E-state index contributed by atoms with van der Waals surface area (Å²) in [7, 11) is 2.02. The summed E-state index contributed by atoms with van der Waals surface area (Å²) in [6.45, 7) is 4.65. The van der Waals surface area contributed by atoms with Crippen molar-refractivity contribution in [2.75, 3.05) is 33.3 Å². The van der Waals surface area contributed by atoms with Crippen molar-refractivity contribution in [2.45, 2.75) is 77.6 Å². The minimum absolute atomic E-state index is 0.0874. The second-order valence-corrected chi connectivity index (χ2v) is 6.74. The van der Waals surface area contributed by atoms with Crippen molar-refractivity contribution in [3.8, 4) is 0 Å². The predicted octanol–water partition coefficient (Wildman–Crippen LogP) is 3.58. The maximum atomic E-state index is 8.88. The molecule has 0 aromatic rings. The zero-order valence-corrected chi connectivity index (χ0v) is 15.9. The Morgan fingerprint density at radius 3 is 2.17 bits per heavy atom. The summed E-state index contributed by atoms with van der Waals surface area (Å²) in [6, 6.07) is 0. The Labute approximate surface area is 148 Å². The Morgan fingerprint density at radius 2 is 1.54 bits per heavy atom. The van der Waals surface area contributed by atoms with E-state index >= 15 is 0 Å². The van der Waals surface area contributed by atoms with Crippen LogP contribution in [0.25, 0.3) is 0 Å². The van der Waals surface area contributed by atoms with Crippen molar-refractivity contribution in [2.24, 2.45) is 9.98 Å². The Balaban J connectivity index is 2.04. The van der Waals surface area contributed by atoms with Gasteiger partial charge in [-0.2, -0.15) is 0 Å². The molecule has 0 atom stereocenters. The molecule has 0 saturated carbocycles. The summed E-state index contributed by atoms with van der Waals surface area (Å²) >= 11 is 0. The number of guanidine groups is 1. The Bertz CT molecular complexity index is 368. The van der Waals surface area contributed by atoms with E-state index in [9.17, 15) is 0 Å². The lowest BCUT2D eigenvalue weighted by molar-refractivity contribution is 0.305. The van der Waals surface area contributed by atoms with E-state index in [0.29, 0.717) is 6.54 Å². The maximum Gasteiger partial charge on any atom is 0.199 e. The lowest BCUT2D eigenvalue weighted by atomic mass is 10.1. The number of nitrogens with one attached hydrogen (secondary N) is 1. The number of hydrogen-bond donors (Lipinski definition) is 2. The van der Waals surface area contributed by atoms with Gasteiger partial charge in [0.15, 0.2) is 5.96 Å². The summed E-state index contributed by atoms with van der Waals surface area (Å²) in [5, 5.41) is 12.2. The van der Waals surface area contributed by atoms with Gasteiger partial charge >= 0.3 is 0 Å². The number of hydrogen-bond acceptors (Lipinski definition) is 3. The second-order valence-electron chi connectivity index (χ2n) is 6.74. The summed E-state index contributed by atoms with van der Waals surface area (Å²) in [6.07, 6.45) is 14.5. The fraction of sp³-hybridized carbons (Fsp3) is 0.895. The highest BCUT2D eigenvalue weighted by atomic mass is 16.3. The molecule has 24 heavy (non-hydrogen) atoms. The molecule has 1 aliphatic heterocycles. The number of aliphatic hydroxyl groups is 1. The Hall–Kier alpha value is -1.10. The molecule has 0 radical (unpaired) electrons. The monoisotopic (exact) mass is 338 g/mol. The molecule has 5 heteroatoms. The van der Waals surface area contributed by atoms with Gasteiger partial charge in [-0.25, -0.2) is 0 Å². The van der Waals surface area contributed by atoms with Crippen LogP contribution in [0.1, 0.15) is 77.6 Å². The third-order valence-electron chi connectivity index (χ3n) is 4.48. The number of aliphatic imine (C=N–C) groups is 2. The number of amidine groups is 1. The van der Waals surface area contributed by atoms with Gasteiger partial charge in [-0.3, -0.25) is 9.98 Å². The molecule has 1 saturated heterocycles. The summed E-state index contributed by atoms with van der Waals surface area (Å²) in [5.41, 5.74) is 0. The van der Waals surface area contributed by atoms with Crippen LogP contribution in [0.4, 0.5) is 0 Å². The highest BCUT2D eigenvalue weighted by Crippen LogP contribution is 2.10. The number of nitrogens with zero attached hydrogens (tertiary/aromatic N) is 3. The molecule has 1 aliphatic rings. The van der Waals surface area contributed by atoms with Crippen molar-refractivity contribution in [3.05, 3.63) is 0 Å². The van der Waals surface area contributed by atoms with Crippen LogP contribution in [0.3, 0.4) is 0 Å². The van der Waals surface area contributed by atoms with Crippen LogP contribution in [-0.2, 0) is 0 Å². The molecule has 0 aromatic heterocycles. The van der Waals surface area contributed by atoms with E-state index in [2.05, 4.69) is 27.1 Å². The van der Waals surface area contributed by atoms with E-state index in [4.69, 9.17) is 5.11 Å². The van der Waals surface area contributed by atoms with Gasteiger partial charge in [-0.1, -0.05) is 64.7 Å². The lowest BCUT2D eigenvalue weighted by Crippen LogP contribution is -2.49. The molecule has 1 fully saturated rings. The zero-order chi connectivity index (χ0) is 17.5. The van der Waals surface area contributed by atoms with Crippen molar-refractivity contribution in [1.29, 1.82) is 0 Å². The number of unbranched alkanes of at least 4 members (excludes halogenated alkanes) is 9. The smallest absolute Gasteiger partial charge is 0.199 e. The predicted molar refractivity (Wildman–Crippen MR) is 104 cm³/mol. The van der Waals surface area contributed by atoms with Crippen LogP contribution < -0.4 is 5.32 Å². The lowest BCUT2D eigenvalue weighted by Gasteiger charge is -2.28. The third-order valence-corrected chi connectivity index (χ3v) is 4.48. The first kappa shape index (κ1) is 20.9. The Morgan fingerprint density at radius 1 is 0.917 bits per heavy atom. The molecule has 0 unspecified atom stereocenters. The van der Waals surface area contributed by atoms with Crippen LogP contribution in [-0.4, -0.2) is 55.1 Å². The standard InChI is InChI=1S/C19H38N4O/c1-3-4-5-6-7-8-9-10-11-12-14-20-18-13-16-23(2)19(22-18)21-15-17-24/h24H,3-17H2,1-2H3,(H,20,21,22). The SMILES string of the molecule is CCCCCCCCCCCCN=C1CCN(C)C(=NCCO)N1. The van der Waals surface area contributed by atoms with E-state index in [-0.39, 0.29) is 6.61 Å². The van der Waals surface area contributed by atoms with Crippen molar-refractivity contribution >= 4 is 11.8 Å². The van der Waals surface area contributed by atoms with Gasteiger partial charge in [-0.15, -0.1) is 0 Å². The van der Waals surface area contributed by atoms with Crippen LogP contribution in [0.5, 0.6) is 0 Å². The first-order valence-electron chi connectivity index (χ1n) is 9.94. The fourth-order valence-electron chi connectivity index (χ4n) is 2.91. The molecule has 0 spiro atoms. The summed E-state index contributed by atoms with van der Waals surface area (Å²) < 4.78 is 0. The minimum atomic E-state index is 0.0874. The topological polar surface area (TPSA) is 60.2 Å². The molecular weight excluding hydrogens is 300 g/mol. The van der Waals surface area contributed by atoms with E-state index in [0.717, 1.165) is 31.3 Å². The first-order valence-corrected chi connectivity index (χ1v) is 9.94. The first-order chi connectivity index (χ1) is 11.8. The van der Waals surface area contributed by atoms with E-state index < -0.39 is 0 Å². The minimum Gasteiger partial charge on any atom is -0.394 e. The van der Waals surface area contributed by atoms with Gasteiger partial charge in [0, 0.05) is 26.6 Å². The normalized spacial score (nSPS) is 18.4. The van der Waals surface area contributed by atoms with Crippen molar-refractivity contribution < 1.29 is 5.11 Å². The summed E-state index contributed by atoms with van der Waals surface area (Å²) in [4.78, 5) is 11.1. The van der Waals surface area contributed by atoms with Gasteiger partial charge in [0.25, 0.3) is 0 Å². The quantitative estimate of drug-likeness (QED) is 0.505. The highest BCUT2D eigenvalue weighted by molar-refractivity contribution is 6.01. The van der Waals surface area contributed by atoms with Crippen LogP contribution in [0, 0.1) is 0 Å². The molecule has 140 valence electrons. The highest BCUT2D eigenvalue weighted by Gasteiger charge is 2.15. The van der Waals surface area contributed by atoms with Crippen LogP contribution in [0.15, 0.2) is 9.98 Å². The molecule has 1 heterocycles. The maximum absolute atomic E-state index is 8.88. The zero-order valence-electron chi connectivity index (χ0n) is 15.9. The van der Waals surface area contributed by atoms with Crippen LogP contribution >= 0.6 is 0 Å². The Kier molecular flexibility index (Phi) is 12.4. The van der Waals surface area contributed by atoms with Crippen molar-refractivity contribution in [1.82, 2.24) is 10.2 Å². The van der Waals surface area contributed by atoms with Gasteiger partial charge in [0.2, 0.25) is 0 Å². The summed E-state index contributed by atoms with van der Waals surface area (Å²) in [5.74, 6) is 1.87. The molecule has 0 bridgehead atoms. The second kappa shape index (κ2) is 14.3. The number of rotatable bonds is 13.